The second-order valence-corrected chi connectivity index (χ2v) is 8.60. The summed E-state index contributed by atoms with van der Waals surface area (Å²) in [5, 5.41) is 11.2. The largest absolute Gasteiger partial charge is 0.485 e. The Labute approximate surface area is 155 Å². The zero-order valence-electron chi connectivity index (χ0n) is 14.2. The van der Waals surface area contributed by atoms with Gasteiger partial charge in [0, 0.05) is 19.0 Å². The molecule has 1 unspecified atom stereocenters. The minimum atomic E-state index is -4.08. The van der Waals surface area contributed by atoms with Crippen LogP contribution >= 0.6 is 0 Å². The Bertz CT molecular complexity index is 1050. The maximum absolute atomic E-state index is 13.0. The molecule has 140 valence electrons. The van der Waals surface area contributed by atoms with Crippen LogP contribution in [0.2, 0.25) is 0 Å². The highest BCUT2D eigenvalue weighted by Crippen LogP contribution is 2.40. The van der Waals surface area contributed by atoms with Crippen LogP contribution in [0.1, 0.15) is 23.2 Å². The number of nitro benzene ring substituents is 1. The lowest BCUT2D eigenvalue weighted by molar-refractivity contribution is -0.387. The molecule has 1 fully saturated rings. The fourth-order valence-corrected chi connectivity index (χ4v) is 5.32. The van der Waals surface area contributed by atoms with Crippen LogP contribution in [0.25, 0.3) is 0 Å². The summed E-state index contributed by atoms with van der Waals surface area (Å²) in [6, 6.07) is 12.1. The Morgan fingerprint density at radius 3 is 2.59 bits per heavy atom. The third-order valence-corrected chi connectivity index (χ3v) is 6.85. The van der Waals surface area contributed by atoms with E-state index in [2.05, 4.69) is 0 Å². The second kappa shape index (κ2) is 6.14. The first-order chi connectivity index (χ1) is 12.8. The predicted octanol–water partition coefficient (Wildman–Crippen LogP) is 2.39. The second-order valence-electron chi connectivity index (χ2n) is 6.69. The van der Waals surface area contributed by atoms with Gasteiger partial charge in [-0.1, -0.05) is 24.3 Å². The highest BCUT2D eigenvalue weighted by Gasteiger charge is 2.49. The standard InChI is InChI=1S/C18H16N2O6S/c21-15-11-18(26-16-7-3-1-5-13(15)16)9-10-19(12-18)27(24,25)17-8-4-2-6-14(17)20(22)23/h1-8H,9-12H2. The van der Waals surface area contributed by atoms with E-state index < -0.39 is 26.2 Å². The molecule has 0 saturated carbocycles. The van der Waals surface area contributed by atoms with E-state index in [9.17, 15) is 23.3 Å². The highest BCUT2D eigenvalue weighted by atomic mass is 32.2. The number of Topliss-reactive ketones (excluding diaryl/α,β-unsaturated/α-hetero) is 1. The minimum absolute atomic E-state index is 0.0263. The lowest BCUT2D eigenvalue weighted by atomic mass is 9.89. The van der Waals surface area contributed by atoms with E-state index >= 15 is 0 Å². The molecular weight excluding hydrogens is 372 g/mol. The number of benzene rings is 2. The van der Waals surface area contributed by atoms with Gasteiger partial charge in [-0.15, -0.1) is 0 Å². The van der Waals surface area contributed by atoms with Crippen molar-refractivity contribution in [2.45, 2.75) is 23.3 Å². The lowest BCUT2D eigenvalue weighted by Crippen LogP contribution is -2.45. The first kappa shape index (κ1) is 17.6. The molecule has 2 aromatic rings. The molecule has 0 aliphatic carbocycles. The van der Waals surface area contributed by atoms with E-state index in [0.717, 1.165) is 10.4 Å². The van der Waals surface area contributed by atoms with Crippen molar-refractivity contribution in [2.75, 3.05) is 13.1 Å². The van der Waals surface area contributed by atoms with Gasteiger partial charge in [0.05, 0.1) is 23.5 Å². The Hall–Kier alpha value is -2.78. The number of fused-ring (bicyclic) bond motifs is 1. The van der Waals surface area contributed by atoms with E-state index in [0.29, 0.717) is 17.7 Å². The quantitative estimate of drug-likeness (QED) is 0.590. The smallest absolute Gasteiger partial charge is 0.289 e. The maximum Gasteiger partial charge on any atom is 0.289 e. The Morgan fingerprint density at radius 1 is 1.11 bits per heavy atom. The number of carbonyl (C=O) groups is 1. The summed E-state index contributed by atoms with van der Waals surface area (Å²) >= 11 is 0. The van der Waals surface area contributed by atoms with Gasteiger partial charge in [0.2, 0.25) is 10.0 Å². The number of para-hydroxylation sites is 2. The summed E-state index contributed by atoms with van der Waals surface area (Å²) in [6.07, 6.45) is 0.417. The molecule has 2 aromatic carbocycles. The molecular formula is C18H16N2O6S. The molecule has 1 atom stereocenters. The average Bonchev–Trinajstić information content (AvgIpc) is 3.05. The van der Waals surface area contributed by atoms with Crippen LogP contribution in [0, 0.1) is 10.1 Å². The molecule has 2 aliphatic rings. The van der Waals surface area contributed by atoms with Gasteiger partial charge in [-0.2, -0.15) is 4.31 Å². The molecule has 27 heavy (non-hydrogen) atoms. The summed E-state index contributed by atoms with van der Waals surface area (Å²) in [4.78, 5) is 22.6. The number of nitro groups is 1. The van der Waals surface area contributed by atoms with Gasteiger partial charge in [-0.05, 0) is 18.2 Å². The Kier molecular flexibility index (Phi) is 4.01. The summed E-state index contributed by atoms with van der Waals surface area (Å²) in [5.41, 5.74) is -0.922. The number of hydrogen-bond donors (Lipinski definition) is 0. The summed E-state index contributed by atoms with van der Waals surface area (Å²) in [5.74, 6) is 0.348. The van der Waals surface area contributed by atoms with E-state index in [4.69, 9.17) is 4.74 Å². The van der Waals surface area contributed by atoms with E-state index in [1.54, 1.807) is 24.3 Å². The molecule has 1 spiro atoms. The topological polar surface area (TPSA) is 107 Å². The van der Waals surface area contributed by atoms with Gasteiger partial charge in [0.1, 0.15) is 11.4 Å². The van der Waals surface area contributed by atoms with Crippen molar-refractivity contribution in [2.24, 2.45) is 0 Å². The zero-order chi connectivity index (χ0) is 19.2. The molecule has 9 heteroatoms. The minimum Gasteiger partial charge on any atom is -0.485 e. The monoisotopic (exact) mass is 388 g/mol. The van der Waals surface area contributed by atoms with Crippen molar-refractivity contribution in [3.8, 4) is 5.75 Å². The number of ketones is 1. The van der Waals surface area contributed by atoms with Gasteiger partial charge < -0.3 is 4.74 Å². The third kappa shape index (κ3) is 2.88. The van der Waals surface area contributed by atoms with Crippen molar-refractivity contribution >= 4 is 21.5 Å². The van der Waals surface area contributed by atoms with Crippen molar-refractivity contribution in [1.82, 2.24) is 4.31 Å². The van der Waals surface area contributed by atoms with Crippen molar-refractivity contribution < 1.29 is 22.9 Å². The molecule has 4 rings (SSSR count). The number of carbonyl (C=O) groups excluding carboxylic acids is 1. The van der Waals surface area contributed by atoms with Crippen molar-refractivity contribution in [1.29, 1.82) is 0 Å². The fraction of sp³-hybridized carbons (Fsp3) is 0.278. The molecule has 2 aliphatic heterocycles. The van der Waals surface area contributed by atoms with Gasteiger partial charge in [-0.3, -0.25) is 14.9 Å². The molecule has 2 heterocycles. The van der Waals surface area contributed by atoms with Gasteiger partial charge in [0.25, 0.3) is 5.69 Å². The first-order valence-electron chi connectivity index (χ1n) is 8.37. The summed E-state index contributed by atoms with van der Waals surface area (Å²) < 4.78 is 33.2. The van der Waals surface area contributed by atoms with Crippen LogP contribution in [-0.4, -0.2) is 42.1 Å². The van der Waals surface area contributed by atoms with Gasteiger partial charge in [-0.25, -0.2) is 8.42 Å². The van der Waals surface area contributed by atoms with E-state index in [-0.39, 0.29) is 30.2 Å². The summed E-state index contributed by atoms with van der Waals surface area (Å²) in [7, 11) is -4.08. The third-order valence-electron chi connectivity index (χ3n) is 4.96. The van der Waals surface area contributed by atoms with Crippen molar-refractivity contribution in [3.63, 3.8) is 0 Å². The van der Waals surface area contributed by atoms with Gasteiger partial charge >= 0.3 is 0 Å². The van der Waals surface area contributed by atoms with Crippen LogP contribution in [0.3, 0.4) is 0 Å². The summed E-state index contributed by atoms with van der Waals surface area (Å²) in [6.45, 7) is 0.102. The molecule has 8 nitrogen and oxygen atoms in total. The van der Waals surface area contributed by atoms with Crippen LogP contribution in [-0.2, 0) is 10.0 Å². The van der Waals surface area contributed by atoms with Crippen LogP contribution in [0.5, 0.6) is 5.75 Å². The average molecular weight is 388 g/mol. The normalized spacial score (nSPS) is 22.4. The Balaban J connectivity index is 1.66. The van der Waals surface area contributed by atoms with Crippen molar-refractivity contribution in [3.05, 3.63) is 64.2 Å². The Morgan fingerprint density at radius 2 is 1.81 bits per heavy atom. The maximum atomic E-state index is 13.0. The number of ether oxygens (including phenoxy) is 1. The SMILES string of the molecule is O=C1CC2(CCN(S(=O)(=O)c3ccccc3[N+](=O)[O-])C2)Oc2ccccc21. The van der Waals surface area contributed by atoms with E-state index in [1.807, 2.05) is 0 Å². The zero-order valence-corrected chi connectivity index (χ0v) is 15.0. The molecule has 0 radical (unpaired) electrons. The highest BCUT2D eigenvalue weighted by molar-refractivity contribution is 7.89. The van der Waals surface area contributed by atoms with Crippen LogP contribution in [0.4, 0.5) is 5.69 Å². The molecule has 1 saturated heterocycles. The van der Waals surface area contributed by atoms with Gasteiger partial charge in [0.15, 0.2) is 10.7 Å². The molecule has 0 amide bonds. The van der Waals surface area contributed by atoms with Crippen LogP contribution in [0.15, 0.2) is 53.4 Å². The number of rotatable bonds is 3. The first-order valence-corrected chi connectivity index (χ1v) is 9.81. The fourth-order valence-electron chi connectivity index (χ4n) is 3.65. The lowest BCUT2D eigenvalue weighted by Gasteiger charge is -2.34. The number of nitrogens with zero attached hydrogens (tertiary/aromatic N) is 2. The number of sulfonamides is 1. The predicted molar refractivity (Wildman–Crippen MR) is 95.2 cm³/mol. The molecule has 0 N–H and O–H groups in total. The molecule has 0 bridgehead atoms. The number of hydrogen-bond acceptors (Lipinski definition) is 6. The molecule has 0 aromatic heterocycles. The van der Waals surface area contributed by atoms with E-state index in [1.165, 1.54) is 18.2 Å². The van der Waals surface area contributed by atoms with Crippen LogP contribution < -0.4 is 4.74 Å².